The van der Waals surface area contributed by atoms with Crippen molar-refractivity contribution < 1.29 is 42.1 Å². The molecule has 7 aromatic rings. The Morgan fingerprint density at radius 3 is 1.06 bits per heavy atom. The van der Waals surface area contributed by atoms with Gasteiger partial charge in [0, 0.05) is 11.1 Å². The fourth-order valence-corrected chi connectivity index (χ4v) is 9.84. The molecule has 5 heterocycles. The van der Waals surface area contributed by atoms with Crippen LogP contribution in [-0.4, -0.2) is 150 Å². The average molecular weight is 1120 g/mol. The fourth-order valence-electron chi connectivity index (χ4n) is 9.84. The fraction of sp³-hybridized carbons (Fsp3) is 0.508. The largest absolute Gasteiger partial charge is 0.493 e. The highest BCUT2D eigenvalue weighted by Gasteiger charge is 2.31. The molecule has 3 aromatic heterocycles. The predicted molar refractivity (Wildman–Crippen MR) is 329 cm³/mol. The van der Waals surface area contributed by atoms with Crippen LogP contribution in [0.4, 0.5) is 0 Å². The molecule has 2 aliphatic rings. The maximum absolute atomic E-state index is 6.69. The molecular weight excluding hydrogens is 1030 g/mol. The first-order chi connectivity index (χ1) is 39.8. The Kier molecular flexibility index (Phi) is 19.7. The van der Waals surface area contributed by atoms with Crippen LogP contribution in [0.5, 0.6) is 40.2 Å². The Bertz CT molecular complexity index is 3490. The van der Waals surface area contributed by atoms with Gasteiger partial charge in [0.1, 0.15) is 89.1 Å². The second-order valence-electron chi connectivity index (χ2n) is 23.2. The maximum Gasteiger partial charge on any atom is 0.168 e. The van der Waals surface area contributed by atoms with Gasteiger partial charge in [0.25, 0.3) is 0 Å². The van der Waals surface area contributed by atoms with E-state index in [4.69, 9.17) is 63.1 Å². The molecule has 2 N–H and O–H groups in total. The molecule has 4 aromatic carbocycles. The van der Waals surface area contributed by atoms with Gasteiger partial charge < -0.3 is 52.1 Å². The number of hydrogen-bond donors (Lipinski definition) is 2. The molecule has 0 amide bonds. The van der Waals surface area contributed by atoms with Crippen molar-refractivity contribution in [3.63, 3.8) is 0 Å². The number of quaternary nitrogens is 2. The van der Waals surface area contributed by atoms with Gasteiger partial charge in [-0.1, -0.05) is 80.1 Å². The number of ether oxygens (including phenoxy) is 7. The lowest BCUT2D eigenvalue weighted by Crippen LogP contribution is -2.50. The van der Waals surface area contributed by atoms with E-state index >= 15 is 0 Å². The standard InChI is InChI=1S/C65H88N10O7/c1-12-18-35-77-46-26-28-48(79-37-20-14-3)54-52(46)60-67-58-44-25-24-43(76-41-34-75(10,11)33-32-74(7,8)9)42-45(44)59(66-58)68-61-53-47(78-36-19-13-2)27-29-49(80-38-21-15-4)55(53)63(70-61)72-65-57-51(82-40-23-17-6)31-30-50(81-39-22-16-5)56(57)64(73-65)71-62(54)69-60/h24-31,42H,12-23,32-41H2,1-11H3,(H2,66,67,68,69,70,71,72,73)/q+2. The SMILES string of the molecule is CCCCOc1ccc(OCCCC)c2c1-c1nc-2nc2[nH]c(nc3nc(nc4[nH]c(n1)c1c(OCCCC)ccc(OCCCC)c41)-c1ccc(OCC[N+](C)(C)CC[N+](C)(C)C)cc1-3)c1c(OCCCC)ccc(OCCCC)c21. The summed E-state index contributed by atoms with van der Waals surface area (Å²) in [4.78, 5) is 40.2. The lowest BCUT2D eigenvalue weighted by atomic mass is 10.1. The van der Waals surface area contributed by atoms with Crippen LogP contribution in [0.3, 0.4) is 0 Å². The Morgan fingerprint density at radius 2 is 0.683 bits per heavy atom. The van der Waals surface area contributed by atoms with Gasteiger partial charge >= 0.3 is 0 Å². The summed E-state index contributed by atoms with van der Waals surface area (Å²) in [6, 6.07) is 17.9. The van der Waals surface area contributed by atoms with Crippen molar-refractivity contribution >= 4 is 44.1 Å². The summed E-state index contributed by atoms with van der Waals surface area (Å²) in [5.74, 6) is 6.13. The molecule has 438 valence electrons. The van der Waals surface area contributed by atoms with E-state index in [1.54, 1.807) is 0 Å². The van der Waals surface area contributed by atoms with Crippen molar-refractivity contribution in [2.75, 3.05) is 101 Å². The van der Waals surface area contributed by atoms with Crippen molar-refractivity contribution in [1.82, 2.24) is 39.9 Å². The van der Waals surface area contributed by atoms with Crippen molar-refractivity contribution in [3.8, 4) is 85.8 Å². The molecule has 17 heteroatoms. The summed E-state index contributed by atoms with van der Waals surface area (Å²) < 4.78 is 48.5. The maximum atomic E-state index is 6.69. The van der Waals surface area contributed by atoms with Gasteiger partial charge in [-0.15, -0.1) is 0 Å². The molecule has 82 heavy (non-hydrogen) atoms. The summed E-state index contributed by atoms with van der Waals surface area (Å²) in [5, 5.41) is 2.82. The molecule has 0 saturated heterocycles. The Labute approximate surface area is 484 Å². The number of hydrogen-bond acceptors (Lipinski definition) is 13. The summed E-state index contributed by atoms with van der Waals surface area (Å²) in [6.45, 7) is 19.4. The number of benzene rings is 4. The lowest BCUT2D eigenvalue weighted by Gasteiger charge is -2.33. The van der Waals surface area contributed by atoms with Crippen LogP contribution in [-0.2, 0) is 0 Å². The van der Waals surface area contributed by atoms with Crippen molar-refractivity contribution in [1.29, 1.82) is 0 Å². The molecule has 17 nitrogen and oxygen atoms in total. The smallest absolute Gasteiger partial charge is 0.168 e. The molecular formula is C65H88N10O7+2. The first kappa shape index (κ1) is 59.4. The Hall–Kier alpha value is -7.24. The topological polar surface area (TPSA) is 174 Å². The Balaban J connectivity index is 1.40. The number of likely N-dealkylation sites (N-methyl/N-ethyl adjacent to an activating group) is 2. The van der Waals surface area contributed by atoms with Gasteiger partial charge in [-0.3, -0.25) is 0 Å². The third kappa shape index (κ3) is 13.8. The normalized spacial score (nSPS) is 12.2. The van der Waals surface area contributed by atoms with E-state index in [9.17, 15) is 0 Å². The number of unbranched alkanes of at least 4 members (excludes halogenated alkanes) is 6. The van der Waals surface area contributed by atoms with Crippen LogP contribution >= 0.6 is 0 Å². The zero-order valence-corrected chi connectivity index (χ0v) is 50.7. The highest BCUT2D eigenvalue weighted by molar-refractivity contribution is 6.13. The van der Waals surface area contributed by atoms with E-state index in [2.05, 4.69) is 86.7 Å². The molecule has 9 rings (SSSR count). The minimum absolute atomic E-state index is 0.379. The number of nitrogens with zero attached hydrogens (tertiary/aromatic N) is 8. The number of rotatable bonds is 31. The van der Waals surface area contributed by atoms with E-state index in [1.165, 1.54) is 0 Å². The third-order valence-corrected chi connectivity index (χ3v) is 14.9. The van der Waals surface area contributed by atoms with Gasteiger partial charge in [-0.05, 0) is 93.1 Å². The van der Waals surface area contributed by atoms with E-state index in [-0.39, 0.29) is 0 Å². The number of nitrogens with one attached hydrogen (secondary N) is 2. The second kappa shape index (κ2) is 27.2. The van der Waals surface area contributed by atoms with Crippen molar-refractivity contribution in [2.45, 2.75) is 119 Å². The van der Waals surface area contributed by atoms with Crippen LogP contribution < -0.4 is 33.2 Å². The molecule has 0 saturated carbocycles. The Morgan fingerprint density at radius 1 is 0.341 bits per heavy atom. The van der Waals surface area contributed by atoms with Crippen LogP contribution in [0.15, 0.2) is 54.6 Å². The zero-order chi connectivity index (χ0) is 57.8. The van der Waals surface area contributed by atoms with Crippen LogP contribution in [0, 0.1) is 0 Å². The minimum Gasteiger partial charge on any atom is -0.493 e. The summed E-state index contributed by atoms with van der Waals surface area (Å²) in [7, 11) is 11.2. The lowest BCUT2D eigenvalue weighted by molar-refractivity contribution is -0.937. The first-order valence-corrected chi connectivity index (χ1v) is 30.3. The quantitative estimate of drug-likeness (QED) is 0.0311. The second-order valence-corrected chi connectivity index (χ2v) is 23.2. The molecule has 0 spiro atoms. The molecule has 0 atom stereocenters. The first-order valence-electron chi connectivity index (χ1n) is 30.3. The summed E-state index contributed by atoms with van der Waals surface area (Å²) >= 11 is 0. The summed E-state index contributed by atoms with van der Waals surface area (Å²) in [5.41, 5.74) is 4.79. The third-order valence-electron chi connectivity index (χ3n) is 14.9. The average Bonchev–Trinajstić information content (AvgIpc) is 3.50. The van der Waals surface area contributed by atoms with Gasteiger partial charge in [0.15, 0.2) is 23.3 Å². The molecule has 2 aliphatic heterocycles. The van der Waals surface area contributed by atoms with Gasteiger partial charge in [-0.25, -0.2) is 29.9 Å². The minimum atomic E-state index is 0.379. The molecule has 0 aliphatic carbocycles. The van der Waals surface area contributed by atoms with Crippen LogP contribution in [0.1, 0.15) is 119 Å². The van der Waals surface area contributed by atoms with E-state index < -0.39 is 0 Å². The number of aromatic nitrogens is 8. The van der Waals surface area contributed by atoms with Gasteiger partial charge in [0.2, 0.25) is 0 Å². The predicted octanol–water partition coefficient (Wildman–Crippen LogP) is 14.1. The zero-order valence-electron chi connectivity index (χ0n) is 50.7. The van der Waals surface area contributed by atoms with E-state index in [0.717, 1.165) is 117 Å². The molecule has 0 radical (unpaired) electrons. The number of H-pyrrole nitrogens is 2. The molecule has 8 bridgehead atoms. The highest BCUT2D eigenvalue weighted by atomic mass is 16.5. The van der Waals surface area contributed by atoms with Gasteiger partial charge in [0.05, 0.1) is 108 Å². The van der Waals surface area contributed by atoms with E-state index in [1.807, 2.05) is 54.6 Å². The summed E-state index contributed by atoms with van der Waals surface area (Å²) in [6.07, 6.45) is 11.0. The van der Waals surface area contributed by atoms with Gasteiger partial charge in [-0.2, -0.15) is 0 Å². The highest BCUT2D eigenvalue weighted by Crippen LogP contribution is 2.48. The number of fused-ring (bicyclic) bond motifs is 20. The van der Waals surface area contributed by atoms with Crippen molar-refractivity contribution in [2.24, 2.45) is 0 Å². The van der Waals surface area contributed by atoms with E-state index in [0.29, 0.717) is 165 Å². The van der Waals surface area contributed by atoms with Crippen molar-refractivity contribution in [3.05, 3.63) is 54.6 Å². The van der Waals surface area contributed by atoms with Crippen LogP contribution in [0.2, 0.25) is 0 Å². The molecule has 0 fully saturated rings. The monoisotopic (exact) mass is 1120 g/mol. The molecule has 0 unspecified atom stereocenters. The van der Waals surface area contributed by atoms with Crippen LogP contribution in [0.25, 0.3) is 89.7 Å². The number of aromatic amines is 2.